The molecule has 1 saturated heterocycles. The van der Waals surface area contributed by atoms with Crippen molar-refractivity contribution in [1.82, 2.24) is 24.5 Å². The Morgan fingerprint density at radius 1 is 1.29 bits per heavy atom. The van der Waals surface area contributed by atoms with Crippen LogP contribution in [0.25, 0.3) is 22.1 Å². The van der Waals surface area contributed by atoms with Gasteiger partial charge in [0.2, 0.25) is 0 Å². The van der Waals surface area contributed by atoms with Crippen molar-refractivity contribution in [1.29, 1.82) is 0 Å². The summed E-state index contributed by atoms with van der Waals surface area (Å²) in [6.45, 7) is 2.33. The van der Waals surface area contributed by atoms with Gasteiger partial charge in [-0.3, -0.25) is 4.79 Å². The lowest BCUT2D eigenvalue weighted by Gasteiger charge is -2.25. The first-order valence-electron chi connectivity index (χ1n) is 11.2. The number of H-pyrrole nitrogens is 1. The van der Waals surface area contributed by atoms with Gasteiger partial charge in [0.1, 0.15) is 30.8 Å². The molecule has 11 nitrogen and oxygen atoms in total. The summed E-state index contributed by atoms with van der Waals surface area (Å²) in [5, 5.41) is 10.3. The Bertz CT molecular complexity index is 1420. The highest BCUT2D eigenvalue weighted by Crippen LogP contribution is 2.36. The SMILES string of the molecule is CCOC(=O)Cn1c(C(=O)O)c(OCC2CCCN2c2ncnc3[nH]cnc23)c2cc(F)ccc21. The van der Waals surface area contributed by atoms with E-state index in [9.17, 15) is 19.1 Å². The number of carbonyl (C=O) groups excluding carboxylic acids is 1. The topological polar surface area (TPSA) is 135 Å². The number of carbonyl (C=O) groups is 2. The van der Waals surface area contributed by atoms with Gasteiger partial charge in [-0.15, -0.1) is 0 Å². The number of anilines is 1. The van der Waals surface area contributed by atoms with E-state index in [2.05, 4.69) is 24.8 Å². The number of benzene rings is 1. The van der Waals surface area contributed by atoms with E-state index in [1.54, 1.807) is 13.3 Å². The molecule has 5 rings (SSSR count). The van der Waals surface area contributed by atoms with Gasteiger partial charge in [-0.1, -0.05) is 0 Å². The monoisotopic (exact) mass is 482 g/mol. The van der Waals surface area contributed by atoms with Crippen molar-refractivity contribution in [2.24, 2.45) is 0 Å². The van der Waals surface area contributed by atoms with Crippen LogP contribution in [-0.2, 0) is 16.1 Å². The fraction of sp³-hybridized carbons (Fsp3) is 0.348. The van der Waals surface area contributed by atoms with Crippen molar-refractivity contribution in [3.05, 3.63) is 42.4 Å². The number of aromatic amines is 1. The van der Waals surface area contributed by atoms with Crippen molar-refractivity contribution >= 4 is 39.8 Å². The Labute approximate surface area is 198 Å². The third-order valence-corrected chi connectivity index (χ3v) is 6.04. The summed E-state index contributed by atoms with van der Waals surface area (Å²) in [6.07, 6.45) is 4.68. The number of carboxylic acid groups (broad SMARTS) is 1. The van der Waals surface area contributed by atoms with E-state index in [0.29, 0.717) is 22.5 Å². The van der Waals surface area contributed by atoms with Crippen LogP contribution in [0.4, 0.5) is 10.2 Å². The number of nitrogens with one attached hydrogen (secondary N) is 1. The van der Waals surface area contributed by atoms with E-state index in [4.69, 9.17) is 9.47 Å². The van der Waals surface area contributed by atoms with Gasteiger partial charge >= 0.3 is 11.9 Å². The molecule has 4 aromatic rings. The molecule has 1 aliphatic rings. The number of ether oxygens (including phenoxy) is 2. The number of aromatic carboxylic acids is 1. The maximum Gasteiger partial charge on any atom is 0.356 e. The van der Waals surface area contributed by atoms with Crippen LogP contribution in [0, 0.1) is 5.82 Å². The highest BCUT2D eigenvalue weighted by Gasteiger charge is 2.31. The van der Waals surface area contributed by atoms with Gasteiger partial charge in [-0.05, 0) is 38.0 Å². The van der Waals surface area contributed by atoms with Crippen molar-refractivity contribution in [3.63, 3.8) is 0 Å². The predicted octanol–water partition coefficient (Wildman–Crippen LogP) is 2.76. The lowest BCUT2D eigenvalue weighted by molar-refractivity contribution is -0.143. The Balaban J connectivity index is 1.49. The second-order valence-corrected chi connectivity index (χ2v) is 8.13. The van der Waals surface area contributed by atoms with Gasteiger partial charge in [0.15, 0.2) is 22.9 Å². The molecule has 182 valence electrons. The largest absolute Gasteiger partial charge is 0.488 e. The van der Waals surface area contributed by atoms with Crippen LogP contribution in [-0.4, -0.2) is 67.3 Å². The molecule has 1 aromatic carbocycles. The number of halogens is 1. The second kappa shape index (κ2) is 9.20. The number of hydrogen-bond donors (Lipinski definition) is 2. The summed E-state index contributed by atoms with van der Waals surface area (Å²) < 4.78 is 26.5. The summed E-state index contributed by atoms with van der Waals surface area (Å²) in [7, 11) is 0. The van der Waals surface area contributed by atoms with Gasteiger partial charge in [-0.2, -0.15) is 0 Å². The zero-order chi connectivity index (χ0) is 24.5. The van der Waals surface area contributed by atoms with Crippen molar-refractivity contribution in [3.8, 4) is 5.75 Å². The molecule has 0 amide bonds. The fourth-order valence-electron chi connectivity index (χ4n) is 4.58. The summed E-state index contributed by atoms with van der Waals surface area (Å²) in [5.74, 6) is -1.76. The molecule has 1 unspecified atom stereocenters. The Morgan fingerprint density at radius 2 is 2.14 bits per heavy atom. The molecule has 1 fully saturated rings. The average molecular weight is 482 g/mol. The van der Waals surface area contributed by atoms with E-state index >= 15 is 0 Å². The van der Waals surface area contributed by atoms with Gasteiger partial charge in [-0.25, -0.2) is 24.1 Å². The predicted molar refractivity (Wildman–Crippen MR) is 123 cm³/mol. The van der Waals surface area contributed by atoms with E-state index in [1.165, 1.54) is 29.1 Å². The zero-order valence-corrected chi connectivity index (χ0v) is 18.9. The number of aromatic nitrogens is 5. The number of hydrogen-bond acceptors (Lipinski definition) is 8. The first-order valence-corrected chi connectivity index (χ1v) is 11.2. The van der Waals surface area contributed by atoms with E-state index in [1.807, 2.05) is 0 Å². The van der Waals surface area contributed by atoms with Crippen LogP contribution in [0.1, 0.15) is 30.3 Å². The minimum atomic E-state index is -1.29. The quantitative estimate of drug-likeness (QED) is 0.363. The number of nitrogens with zero attached hydrogens (tertiary/aromatic N) is 5. The summed E-state index contributed by atoms with van der Waals surface area (Å²) in [4.78, 5) is 42.4. The molecule has 0 radical (unpaired) electrons. The maximum atomic E-state index is 14.1. The standard InChI is InChI=1S/C23H23FN6O5/c1-2-34-17(31)9-30-16-6-5-13(24)8-15(16)20(19(30)23(32)33)35-10-14-4-3-7-29(14)22-18-21(26-11-25-18)27-12-28-22/h5-6,8,11-12,14H,2-4,7,9-10H2,1H3,(H,32,33)(H,25,26,27,28). The molecule has 12 heteroatoms. The molecule has 1 atom stereocenters. The van der Waals surface area contributed by atoms with Crippen molar-refractivity contribution in [2.75, 3.05) is 24.7 Å². The number of esters is 1. The summed E-state index contributed by atoms with van der Waals surface area (Å²) in [6, 6.07) is 3.73. The maximum absolute atomic E-state index is 14.1. The highest BCUT2D eigenvalue weighted by atomic mass is 19.1. The molecule has 4 heterocycles. The molecule has 1 aliphatic heterocycles. The van der Waals surface area contributed by atoms with Gasteiger partial charge < -0.3 is 29.0 Å². The lowest BCUT2D eigenvalue weighted by Crippen LogP contribution is -2.35. The van der Waals surface area contributed by atoms with E-state index < -0.39 is 17.8 Å². The Hall–Kier alpha value is -4.22. The van der Waals surface area contributed by atoms with Crippen LogP contribution in [0.3, 0.4) is 0 Å². The molecular formula is C23H23FN6O5. The minimum absolute atomic E-state index is 0.00996. The van der Waals surface area contributed by atoms with Gasteiger partial charge in [0.25, 0.3) is 0 Å². The van der Waals surface area contributed by atoms with Crippen molar-refractivity contribution < 1.29 is 28.6 Å². The molecule has 3 aromatic heterocycles. The third kappa shape index (κ3) is 4.11. The van der Waals surface area contributed by atoms with E-state index in [-0.39, 0.29) is 42.6 Å². The van der Waals surface area contributed by atoms with Crippen LogP contribution in [0.2, 0.25) is 0 Å². The number of fused-ring (bicyclic) bond motifs is 2. The first kappa shape index (κ1) is 22.6. The third-order valence-electron chi connectivity index (χ3n) is 6.04. The minimum Gasteiger partial charge on any atom is -0.488 e. The zero-order valence-electron chi connectivity index (χ0n) is 18.9. The Morgan fingerprint density at radius 3 is 2.94 bits per heavy atom. The van der Waals surface area contributed by atoms with Crippen LogP contribution < -0.4 is 9.64 Å². The molecule has 35 heavy (non-hydrogen) atoms. The normalized spacial score (nSPS) is 15.7. The molecule has 2 N–H and O–H groups in total. The van der Waals surface area contributed by atoms with Crippen LogP contribution in [0.5, 0.6) is 5.75 Å². The van der Waals surface area contributed by atoms with E-state index in [0.717, 1.165) is 19.4 Å². The molecule has 0 bridgehead atoms. The van der Waals surface area contributed by atoms with Gasteiger partial charge in [0.05, 0.1) is 24.5 Å². The highest BCUT2D eigenvalue weighted by molar-refractivity contribution is 6.01. The van der Waals surface area contributed by atoms with Crippen LogP contribution >= 0.6 is 0 Å². The summed E-state index contributed by atoms with van der Waals surface area (Å²) >= 11 is 0. The number of imidazole rings is 1. The second-order valence-electron chi connectivity index (χ2n) is 8.13. The first-order chi connectivity index (χ1) is 17.0. The molecule has 0 aliphatic carbocycles. The molecule has 0 saturated carbocycles. The molecular weight excluding hydrogens is 459 g/mol. The molecule has 0 spiro atoms. The van der Waals surface area contributed by atoms with Gasteiger partial charge in [0, 0.05) is 11.9 Å². The number of rotatable bonds is 8. The van der Waals surface area contributed by atoms with Crippen LogP contribution in [0.15, 0.2) is 30.9 Å². The average Bonchev–Trinajstić information content (AvgIpc) is 3.55. The lowest BCUT2D eigenvalue weighted by atomic mass is 10.2. The fourth-order valence-corrected chi connectivity index (χ4v) is 4.58. The smallest absolute Gasteiger partial charge is 0.356 e. The van der Waals surface area contributed by atoms with Crippen molar-refractivity contribution in [2.45, 2.75) is 32.4 Å². The Kier molecular flexibility index (Phi) is 5.93. The number of carboxylic acids is 1. The summed E-state index contributed by atoms with van der Waals surface area (Å²) in [5.41, 5.74) is 1.38.